The monoisotopic (exact) mass is 422 g/mol. The Morgan fingerprint density at radius 2 is 2.03 bits per heavy atom. The van der Waals surface area contributed by atoms with E-state index < -0.39 is 5.97 Å². The van der Waals surface area contributed by atoms with E-state index >= 15 is 0 Å². The number of hydrogen-bond acceptors (Lipinski definition) is 8. The SMILES string of the molecule is COC(=O)c1cccc(OC[C@H]2CC[C@H]3CN(c4noc5ccccc45)CCN3C2)n1. The Kier molecular flexibility index (Phi) is 5.46. The summed E-state index contributed by atoms with van der Waals surface area (Å²) in [6, 6.07) is 13.7. The van der Waals surface area contributed by atoms with Crippen molar-refractivity contribution in [1.82, 2.24) is 15.0 Å². The molecule has 162 valence electrons. The van der Waals surface area contributed by atoms with E-state index in [9.17, 15) is 4.79 Å². The third-order valence-corrected chi connectivity index (χ3v) is 6.25. The molecule has 0 amide bonds. The molecule has 2 aromatic heterocycles. The normalized spacial score (nSPS) is 21.6. The average molecular weight is 422 g/mol. The lowest BCUT2D eigenvalue weighted by atomic mass is 9.91. The number of esters is 1. The third-order valence-electron chi connectivity index (χ3n) is 6.25. The Balaban J connectivity index is 1.17. The predicted octanol–water partition coefficient (Wildman–Crippen LogP) is 2.99. The van der Waals surface area contributed by atoms with E-state index in [0.29, 0.717) is 24.4 Å². The zero-order chi connectivity index (χ0) is 21.2. The number of pyridine rings is 1. The minimum absolute atomic E-state index is 0.264. The van der Waals surface area contributed by atoms with Gasteiger partial charge in [0.25, 0.3) is 0 Å². The lowest BCUT2D eigenvalue weighted by Crippen LogP contribution is -2.57. The molecule has 2 aliphatic rings. The summed E-state index contributed by atoms with van der Waals surface area (Å²) in [6.45, 7) is 4.50. The van der Waals surface area contributed by atoms with Crippen molar-refractivity contribution in [2.45, 2.75) is 18.9 Å². The molecular formula is C23H26N4O4. The summed E-state index contributed by atoms with van der Waals surface area (Å²) >= 11 is 0. The summed E-state index contributed by atoms with van der Waals surface area (Å²) in [4.78, 5) is 20.8. The number of benzene rings is 1. The summed E-state index contributed by atoms with van der Waals surface area (Å²) in [5.41, 5.74) is 1.10. The largest absolute Gasteiger partial charge is 0.477 e. The maximum absolute atomic E-state index is 11.7. The molecule has 0 spiro atoms. The highest BCUT2D eigenvalue weighted by molar-refractivity contribution is 5.88. The van der Waals surface area contributed by atoms with Gasteiger partial charge >= 0.3 is 5.97 Å². The maximum atomic E-state index is 11.7. The standard InChI is InChI=1S/C23H26N4O4/c1-29-23(28)19-6-4-8-21(24-19)30-15-16-9-10-17-14-27(12-11-26(17)13-16)22-18-5-2-3-7-20(18)31-25-22/h2-8,16-17H,9-15H2,1H3/t16-,17-/m0/s1. The fourth-order valence-electron chi connectivity index (χ4n) is 4.60. The van der Waals surface area contributed by atoms with Gasteiger partial charge in [-0.15, -0.1) is 0 Å². The second-order valence-corrected chi connectivity index (χ2v) is 8.20. The van der Waals surface area contributed by atoms with Gasteiger partial charge in [0.1, 0.15) is 0 Å². The Labute approximate surface area is 180 Å². The number of ether oxygens (including phenoxy) is 2. The number of piperidine rings is 1. The van der Waals surface area contributed by atoms with Crippen LogP contribution in [0, 0.1) is 5.92 Å². The quantitative estimate of drug-likeness (QED) is 0.581. The number of nitrogens with zero attached hydrogens (tertiary/aromatic N) is 4. The topological polar surface area (TPSA) is 80.9 Å². The van der Waals surface area contributed by atoms with Crippen LogP contribution in [0.1, 0.15) is 23.3 Å². The molecule has 0 unspecified atom stereocenters. The van der Waals surface area contributed by atoms with Crippen molar-refractivity contribution in [3.8, 4) is 5.88 Å². The molecule has 3 aromatic rings. The van der Waals surface area contributed by atoms with Crippen molar-refractivity contribution in [2.24, 2.45) is 5.92 Å². The van der Waals surface area contributed by atoms with Gasteiger partial charge < -0.3 is 18.9 Å². The molecule has 8 heteroatoms. The number of hydrogen-bond donors (Lipinski definition) is 0. The van der Waals surface area contributed by atoms with Crippen molar-refractivity contribution in [3.63, 3.8) is 0 Å². The lowest BCUT2D eigenvalue weighted by molar-refractivity contribution is 0.0589. The third kappa shape index (κ3) is 4.07. The average Bonchev–Trinajstić information content (AvgIpc) is 3.26. The molecule has 0 radical (unpaired) electrons. The van der Waals surface area contributed by atoms with Crippen molar-refractivity contribution < 1.29 is 18.8 Å². The van der Waals surface area contributed by atoms with E-state index in [2.05, 4.69) is 26.0 Å². The number of carbonyl (C=O) groups excluding carboxylic acids is 1. The molecule has 0 saturated carbocycles. The van der Waals surface area contributed by atoms with E-state index in [1.54, 1.807) is 18.2 Å². The number of methoxy groups -OCH3 is 1. The highest BCUT2D eigenvalue weighted by Gasteiger charge is 2.34. The first-order chi connectivity index (χ1) is 15.2. The van der Waals surface area contributed by atoms with Gasteiger partial charge in [-0.2, -0.15) is 0 Å². The van der Waals surface area contributed by atoms with Gasteiger partial charge in [0.05, 0.1) is 19.1 Å². The van der Waals surface area contributed by atoms with Crippen LogP contribution in [-0.4, -0.2) is 66.9 Å². The maximum Gasteiger partial charge on any atom is 0.356 e. The second kappa shape index (κ2) is 8.55. The summed E-state index contributed by atoms with van der Waals surface area (Å²) in [5, 5.41) is 5.42. The van der Waals surface area contributed by atoms with Crippen LogP contribution in [0.15, 0.2) is 47.0 Å². The minimum atomic E-state index is -0.455. The number of anilines is 1. The summed E-state index contributed by atoms with van der Waals surface area (Å²) < 4.78 is 16.1. The summed E-state index contributed by atoms with van der Waals surface area (Å²) in [5.74, 6) is 1.41. The molecule has 0 aliphatic carbocycles. The first kappa shape index (κ1) is 19.8. The van der Waals surface area contributed by atoms with Gasteiger partial charge in [0.15, 0.2) is 17.1 Å². The molecule has 0 N–H and O–H groups in total. The van der Waals surface area contributed by atoms with Gasteiger partial charge in [0, 0.05) is 44.2 Å². The molecule has 2 saturated heterocycles. The van der Waals surface area contributed by atoms with Crippen LogP contribution in [0.3, 0.4) is 0 Å². The van der Waals surface area contributed by atoms with Crippen molar-refractivity contribution in [1.29, 1.82) is 0 Å². The van der Waals surface area contributed by atoms with Crippen LogP contribution >= 0.6 is 0 Å². The smallest absolute Gasteiger partial charge is 0.356 e. The second-order valence-electron chi connectivity index (χ2n) is 8.20. The number of aromatic nitrogens is 2. The molecule has 2 aliphatic heterocycles. The fourth-order valence-corrected chi connectivity index (χ4v) is 4.60. The molecular weight excluding hydrogens is 396 g/mol. The predicted molar refractivity (Wildman–Crippen MR) is 115 cm³/mol. The summed E-state index contributed by atoms with van der Waals surface area (Å²) in [7, 11) is 1.35. The molecule has 5 rings (SSSR count). The van der Waals surface area contributed by atoms with E-state index in [4.69, 9.17) is 14.0 Å². The zero-order valence-electron chi connectivity index (χ0n) is 17.6. The van der Waals surface area contributed by atoms with Gasteiger partial charge in [-0.25, -0.2) is 9.78 Å². The Hall–Kier alpha value is -3.13. The molecule has 1 aromatic carbocycles. The number of carbonyl (C=O) groups is 1. The minimum Gasteiger partial charge on any atom is -0.477 e. The molecule has 8 nitrogen and oxygen atoms in total. The van der Waals surface area contributed by atoms with Crippen LogP contribution in [0.25, 0.3) is 11.0 Å². The number of piperazine rings is 1. The van der Waals surface area contributed by atoms with Crippen molar-refractivity contribution in [3.05, 3.63) is 48.2 Å². The zero-order valence-corrected chi connectivity index (χ0v) is 17.6. The van der Waals surface area contributed by atoms with E-state index in [1.165, 1.54) is 7.11 Å². The fraction of sp³-hybridized carbons (Fsp3) is 0.435. The van der Waals surface area contributed by atoms with Crippen LogP contribution in [0.2, 0.25) is 0 Å². The van der Waals surface area contributed by atoms with E-state index in [-0.39, 0.29) is 5.69 Å². The van der Waals surface area contributed by atoms with Crippen LogP contribution in [0.5, 0.6) is 5.88 Å². The highest BCUT2D eigenvalue weighted by atomic mass is 16.5. The molecule has 0 bridgehead atoms. The summed E-state index contributed by atoms with van der Waals surface area (Å²) in [6.07, 6.45) is 2.22. The Bertz CT molecular complexity index is 1070. The lowest BCUT2D eigenvalue weighted by Gasteiger charge is -2.46. The van der Waals surface area contributed by atoms with Crippen LogP contribution in [-0.2, 0) is 4.74 Å². The molecule has 2 fully saturated rings. The molecule has 4 heterocycles. The molecule has 2 atom stereocenters. The number of fused-ring (bicyclic) bond motifs is 2. The number of rotatable bonds is 5. The van der Waals surface area contributed by atoms with Gasteiger partial charge in [0.2, 0.25) is 5.88 Å². The first-order valence-corrected chi connectivity index (χ1v) is 10.7. The van der Waals surface area contributed by atoms with Crippen molar-refractivity contribution in [2.75, 3.05) is 44.8 Å². The van der Waals surface area contributed by atoms with Gasteiger partial charge in [-0.3, -0.25) is 4.90 Å². The Morgan fingerprint density at radius 3 is 2.94 bits per heavy atom. The van der Waals surface area contributed by atoms with Gasteiger partial charge in [-0.05, 0) is 31.0 Å². The number of para-hydroxylation sites is 1. The van der Waals surface area contributed by atoms with Crippen molar-refractivity contribution >= 4 is 22.8 Å². The van der Waals surface area contributed by atoms with Gasteiger partial charge in [-0.1, -0.05) is 23.4 Å². The van der Waals surface area contributed by atoms with E-state index in [0.717, 1.165) is 55.8 Å². The van der Waals surface area contributed by atoms with Crippen LogP contribution in [0.4, 0.5) is 5.82 Å². The highest BCUT2D eigenvalue weighted by Crippen LogP contribution is 2.31. The van der Waals surface area contributed by atoms with Crippen LogP contribution < -0.4 is 9.64 Å². The molecule has 31 heavy (non-hydrogen) atoms. The van der Waals surface area contributed by atoms with E-state index in [1.807, 2.05) is 18.2 Å². The first-order valence-electron chi connectivity index (χ1n) is 10.7. The Morgan fingerprint density at radius 1 is 1.13 bits per heavy atom.